The van der Waals surface area contributed by atoms with Crippen LogP contribution in [0.1, 0.15) is 27.3 Å². The first-order valence-electron chi connectivity index (χ1n) is 12.7. The van der Waals surface area contributed by atoms with Gasteiger partial charge < -0.3 is 20.3 Å². The predicted octanol–water partition coefficient (Wildman–Crippen LogP) is 2.68. The number of aromatic nitrogens is 1. The van der Waals surface area contributed by atoms with E-state index in [9.17, 15) is 18.0 Å². The first-order chi connectivity index (χ1) is 18.7. The van der Waals surface area contributed by atoms with Gasteiger partial charge >= 0.3 is 0 Å². The van der Waals surface area contributed by atoms with Gasteiger partial charge in [-0.1, -0.05) is 23.7 Å². The normalized spacial score (nSPS) is 19.6. The number of hydrogen-bond acceptors (Lipinski definition) is 8. The lowest BCUT2D eigenvalue weighted by Crippen LogP contribution is -2.61. The highest BCUT2D eigenvalue weighted by Crippen LogP contribution is 2.28. The second-order valence-electron chi connectivity index (χ2n) is 9.69. The molecule has 0 spiro atoms. The van der Waals surface area contributed by atoms with E-state index in [1.807, 2.05) is 0 Å². The number of hydrogen-bond donors (Lipinski definition) is 2. The zero-order chi connectivity index (χ0) is 27.7. The van der Waals surface area contributed by atoms with E-state index in [4.69, 9.17) is 16.3 Å². The van der Waals surface area contributed by atoms with Crippen LogP contribution in [0, 0.1) is 0 Å². The molecule has 3 heterocycles. The third-order valence-electron chi connectivity index (χ3n) is 7.00. The Balaban J connectivity index is 0.00000370. The molecule has 216 valence electrons. The number of halogens is 2. The summed E-state index contributed by atoms with van der Waals surface area (Å²) in [5, 5.41) is 8.57. The number of benzene rings is 2. The van der Waals surface area contributed by atoms with Crippen molar-refractivity contribution in [2.24, 2.45) is 0 Å². The largest absolute Gasteiger partial charge is 0.383 e. The van der Waals surface area contributed by atoms with Gasteiger partial charge in [0.25, 0.3) is 5.91 Å². The Hall–Kier alpha value is -2.32. The van der Waals surface area contributed by atoms with Crippen molar-refractivity contribution in [1.29, 1.82) is 0 Å². The van der Waals surface area contributed by atoms with Gasteiger partial charge in [0.05, 0.1) is 17.2 Å². The molecular weight excluding hydrogens is 597 g/mol. The standard InChI is InChI=1S/C26H30ClN5O5S2.ClH/c1-16-11-21-23(14-29-16)38-25(30-21)26(34)32-9-8-31(15-22(32)24(33)28-7-10-37-2)39(35,36)20-6-4-17-12-19(27)5-3-18(17)13-20;/h3-6,12-13,16,22,29H,7-11,14-15H2,1-2H3,(H,28,33);1H. The van der Waals surface area contributed by atoms with E-state index in [1.165, 1.54) is 33.7 Å². The Bertz CT molecular complexity index is 1520. The van der Waals surface area contributed by atoms with Crippen LogP contribution in [-0.4, -0.2) is 86.4 Å². The highest BCUT2D eigenvalue weighted by molar-refractivity contribution is 7.89. The van der Waals surface area contributed by atoms with Gasteiger partial charge in [-0.3, -0.25) is 9.59 Å². The zero-order valence-electron chi connectivity index (χ0n) is 22.1. The van der Waals surface area contributed by atoms with E-state index < -0.39 is 22.0 Å². The average molecular weight is 629 g/mol. The van der Waals surface area contributed by atoms with Crippen molar-refractivity contribution < 1.29 is 22.7 Å². The molecule has 0 bridgehead atoms. The van der Waals surface area contributed by atoms with E-state index >= 15 is 0 Å². The Morgan fingerprint density at radius 2 is 1.95 bits per heavy atom. The van der Waals surface area contributed by atoms with Gasteiger partial charge in [-0.15, -0.1) is 23.7 Å². The first kappa shape index (κ1) is 30.6. The molecule has 10 nitrogen and oxygen atoms in total. The van der Waals surface area contributed by atoms with Gasteiger partial charge in [-0.25, -0.2) is 13.4 Å². The van der Waals surface area contributed by atoms with Crippen molar-refractivity contribution in [2.45, 2.75) is 36.9 Å². The molecule has 2 aromatic carbocycles. The number of carbonyl (C=O) groups excluding carboxylic acids is 2. The molecular formula is C26H31Cl2N5O5S2. The molecule has 0 radical (unpaired) electrons. The number of piperazine rings is 1. The van der Waals surface area contributed by atoms with E-state index in [-0.39, 0.29) is 55.4 Å². The summed E-state index contributed by atoms with van der Waals surface area (Å²) < 4.78 is 33.6. The lowest BCUT2D eigenvalue weighted by atomic mass is 10.1. The number of sulfonamides is 1. The van der Waals surface area contributed by atoms with Crippen LogP contribution in [0.15, 0.2) is 41.3 Å². The van der Waals surface area contributed by atoms with Crippen LogP contribution in [0.3, 0.4) is 0 Å². The molecule has 2 aliphatic heterocycles. The molecule has 1 saturated heterocycles. The third kappa shape index (κ3) is 6.28. The Labute approximate surface area is 248 Å². The number of rotatable bonds is 7. The molecule has 0 saturated carbocycles. The molecule has 2 aliphatic rings. The highest BCUT2D eigenvalue weighted by atomic mass is 35.5. The highest BCUT2D eigenvalue weighted by Gasteiger charge is 2.41. The van der Waals surface area contributed by atoms with Crippen LogP contribution in [0.25, 0.3) is 10.8 Å². The number of nitrogens with zero attached hydrogens (tertiary/aromatic N) is 3. The van der Waals surface area contributed by atoms with E-state index in [1.54, 1.807) is 30.3 Å². The molecule has 5 rings (SSSR count). The summed E-state index contributed by atoms with van der Waals surface area (Å²) in [6.07, 6.45) is 0.726. The van der Waals surface area contributed by atoms with Crippen LogP contribution in [0.4, 0.5) is 0 Å². The van der Waals surface area contributed by atoms with Crippen molar-refractivity contribution in [3.63, 3.8) is 0 Å². The summed E-state index contributed by atoms with van der Waals surface area (Å²) in [5.74, 6) is -0.807. The average Bonchev–Trinajstić information content (AvgIpc) is 3.35. The number of carbonyl (C=O) groups is 2. The molecule has 1 aromatic heterocycles. The molecule has 3 aromatic rings. The van der Waals surface area contributed by atoms with Gasteiger partial charge in [-0.2, -0.15) is 4.31 Å². The second kappa shape index (κ2) is 12.7. The second-order valence-corrected chi connectivity index (χ2v) is 13.1. The van der Waals surface area contributed by atoms with Crippen LogP contribution >= 0.6 is 35.3 Å². The molecule has 0 aliphatic carbocycles. The lowest BCUT2D eigenvalue weighted by molar-refractivity contribution is -0.127. The van der Waals surface area contributed by atoms with E-state index in [0.717, 1.165) is 27.8 Å². The SMILES string of the molecule is COCCNC(=O)C1CN(S(=O)(=O)c2ccc3cc(Cl)ccc3c2)CCN1C(=O)c1nc2c(s1)CNC(C)C2.Cl. The van der Waals surface area contributed by atoms with Crippen LogP contribution in [0.2, 0.25) is 5.02 Å². The maximum absolute atomic E-state index is 13.7. The van der Waals surface area contributed by atoms with Crippen molar-refractivity contribution in [1.82, 2.24) is 24.8 Å². The van der Waals surface area contributed by atoms with Crippen molar-refractivity contribution in [3.05, 3.63) is 57.0 Å². The predicted molar refractivity (Wildman–Crippen MR) is 157 cm³/mol. The summed E-state index contributed by atoms with van der Waals surface area (Å²) in [4.78, 5) is 34.0. The molecule has 2 atom stereocenters. The van der Waals surface area contributed by atoms with Gasteiger partial charge in [0.2, 0.25) is 15.9 Å². The summed E-state index contributed by atoms with van der Waals surface area (Å²) >= 11 is 7.39. The first-order valence-corrected chi connectivity index (χ1v) is 15.3. The number of fused-ring (bicyclic) bond motifs is 2. The quantitative estimate of drug-likeness (QED) is 0.386. The minimum Gasteiger partial charge on any atom is -0.383 e. The number of amides is 2. The molecule has 14 heteroatoms. The molecule has 2 N–H and O–H groups in total. The van der Waals surface area contributed by atoms with Gasteiger partial charge in [0.1, 0.15) is 6.04 Å². The minimum absolute atomic E-state index is 0. The Morgan fingerprint density at radius 3 is 2.73 bits per heavy atom. The summed E-state index contributed by atoms with van der Waals surface area (Å²) in [7, 11) is -2.42. The Kier molecular flexibility index (Phi) is 9.71. The summed E-state index contributed by atoms with van der Waals surface area (Å²) in [6.45, 7) is 3.18. The van der Waals surface area contributed by atoms with E-state index in [0.29, 0.717) is 23.2 Å². The summed E-state index contributed by atoms with van der Waals surface area (Å²) in [6, 6.07) is 9.34. The lowest BCUT2D eigenvalue weighted by Gasteiger charge is -2.39. The Morgan fingerprint density at radius 1 is 1.20 bits per heavy atom. The molecule has 40 heavy (non-hydrogen) atoms. The number of nitrogens with one attached hydrogen (secondary N) is 2. The maximum Gasteiger partial charge on any atom is 0.283 e. The van der Waals surface area contributed by atoms with Gasteiger partial charge in [0.15, 0.2) is 5.01 Å². The monoisotopic (exact) mass is 627 g/mol. The van der Waals surface area contributed by atoms with Gasteiger partial charge in [-0.05, 0) is 42.0 Å². The minimum atomic E-state index is -3.94. The fraction of sp³-hybridized carbons (Fsp3) is 0.423. The molecule has 1 fully saturated rings. The number of ether oxygens (including phenoxy) is 1. The number of methoxy groups -OCH3 is 1. The van der Waals surface area contributed by atoms with E-state index in [2.05, 4.69) is 22.5 Å². The molecule has 2 amide bonds. The topological polar surface area (TPSA) is 121 Å². The third-order valence-corrected chi connectivity index (χ3v) is 10.2. The fourth-order valence-electron chi connectivity index (χ4n) is 4.87. The van der Waals surface area contributed by atoms with Gasteiger partial charge in [0, 0.05) is 62.2 Å². The number of thiazole rings is 1. The zero-order valence-corrected chi connectivity index (χ0v) is 25.3. The van der Waals surface area contributed by atoms with Crippen molar-refractivity contribution in [3.8, 4) is 0 Å². The van der Waals surface area contributed by atoms with Crippen molar-refractivity contribution >= 4 is 68.0 Å². The fourth-order valence-corrected chi connectivity index (χ4v) is 7.52. The maximum atomic E-state index is 13.7. The summed E-state index contributed by atoms with van der Waals surface area (Å²) in [5.41, 5.74) is 0.898. The van der Waals surface area contributed by atoms with Crippen molar-refractivity contribution in [2.75, 3.05) is 39.9 Å². The van der Waals surface area contributed by atoms with Crippen LogP contribution in [0.5, 0.6) is 0 Å². The molecule has 2 unspecified atom stereocenters. The smallest absolute Gasteiger partial charge is 0.283 e. The van der Waals surface area contributed by atoms with Crippen LogP contribution in [-0.2, 0) is 32.5 Å². The van der Waals surface area contributed by atoms with Crippen LogP contribution < -0.4 is 10.6 Å².